The molecule has 1 fully saturated rings. The first-order valence-corrected chi connectivity index (χ1v) is 11.8. The molecule has 3 aromatic rings. The Labute approximate surface area is 205 Å². The number of nitrogens with one attached hydrogen (secondary N) is 2. The summed E-state index contributed by atoms with van der Waals surface area (Å²) in [5, 5.41) is 13.5. The van der Waals surface area contributed by atoms with Crippen LogP contribution in [0.3, 0.4) is 0 Å². The summed E-state index contributed by atoms with van der Waals surface area (Å²) in [7, 11) is 1.56. The smallest absolute Gasteiger partial charge is 0.286 e. The van der Waals surface area contributed by atoms with Crippen LogP contribution in [0.4, 0.5) is 10.1 Å². The number of carbonyl (C=O) groups excluding carboxylic acids is 3. The lowest BCUT2D eigenvalue weighted by molar-refractivity contribution is -0.126. The van der Waals surface area contributed by atoms with Crippen LogP contribution in [0, 0.1) is 11.7 Å². The summed E-state index contributed by atoms with van der Waals surface area (Å²) in [5.41, 5.74) is 1.38. The van der Waals surface area contributed by atoms with Crippen molar-refractivity contribution < 1.29 is 23.5 Å². The second kappa shape index (κ2) is 11.0. The van der Waals surface area contributed by atoms with Crippen LogP contribution in [-0.4, -0.2) is 53.0 Å². The van der Waals surface area contributed by atoms with Gasteiger partial charge in [-0.2, -0.15) is 0 Å². The van der Waals surface area contributed by atoms with Gasteiger partial charge < -0.3 is 20.3 Å². The van der Waals surface area contributed by atoms with Gasteiger partial charge in [0.2, 0.25) is 15.9 Å². The minimum atomic E-state index is -0.455. The van der Waals surface area contributed by atoms with Crippen molar-refractivity contribution in [2.75, 3.05) is 25.5 Å². The first-order valence-electron chi connectivity index (χ1n) is 11.0. The molecule has 182 valence electrons. The second-order valence-electron chi connectivity index (χ2n) is 8.01. The number of ether oxygens (including phenoxy) is 1. The van der Waals surface area contributed by atoms with E-state index < -0.39 is 5.91 Å². The largest absolute Gasteiger partial charge is 0.497 e. The van der Waals surface area contributed by atoms with Crippen molar-refractivity contribution in [2.45, 2.75) is 19.4 Å². The highest BCUT2D eigenvalue weighted by molar-refractivity contribution is 7.15. The third kappa shape index (κ3) is 6.18. The molecule has 35 heavy (non-hydrogen) atoms. The molecule has 0 unspecified atom stereocenters. The summed E-state index contributed by atoms with van der Waals surface area (Å²) in [6.07, 6.45) is 1.04. The van der Waals surface area contributed by atoms with Gasteiger partial charge in [-0.1, -0.05) is 23.5 Å². The third-order valence-corrected chi connectivity index (χ3v) is 6.59. The van der Waals surface area contributed by atoms with E-state index in [9.17, 15) is 18.8 Å². The van der Waals surface area contributed by atoms with Crippen molar-refractivity contribution in [3.05, 3.63) is 69.9 Å². The van der Waals surface area contributed by atoms with Crippen LogP contribution in [0.5, 0.6) is 5.75 Å². The number of hydrogen-bond donors (Lipinski definition) is 2. The van der Waals surface area contributed by atoms with E-state index in [1.807, 2.05) is 0 Å². The lowest BCUT2D eigenvalue weighted by Gasteiger charge is -2.30. The number of piperidine rings is 1. The van der Waals surface area contributed by atoms with Gasteiger partial charge in [0.1, 0.15) is 11.6 Å². The summed E-state index contributed by atoms with van der Waals surface area (Å²) in [6.45, 7) is 1.13. The van der Waals surface area contributed by atoms with Gasteiger partial charge in [0, 0.05) is 31.2 Å². The Hall–Kier alpha value is -3.86. The van der Waals surface area contributed by atoms with Crippen molar-refractivity contribution in [1.29, 1.82) is 0 Å². The van der Waals surface area contributed by atoms with Crippen LogP contribution < -0.4 is 15.4 Å². The van der Waals surface area contributed by atoms with E-state index in [0.717, 1.165) is 16.9 Å². The van der Waals surface area contributed by atoms with Crippen LogP contribution in [0.2, 0.25) is 0 Å². The molecule has 0 atom stereocenters. The highest BCUT2D eigenvalue weighted by Crippen LogP contribution is 2.22. The maximum absolute atomic E-state index is 13.0. The molecule has 9 nitrogen and oxygen atoms in total. The van der Waals surface area contributed by atoms with Gasteiger partial charge in [0.05, 0.1) is 7.11 Å². The average Bonchev–Trinajstić information content (AvgIpc) is 3.39. The fourth-order valence-electron chi connectivity index (χ4n) is 3.68. The van der Waals surface area contributed by atoms with Gasteiger partial charge in [0.15, 0.2) is 0 Å². The Morgan fingerprint density at radius 2 is 1.69 bits per heavy atom. The molecule has 3 amide bonds. The maximum Gasteiger partial charge on any atom is 0.286 e. The number of rotatable bonds is 7. The van der Waals surface area contributed by atoms with E-state index in [1.54, 1.807) is 48.4 Å². The molecule has 0 saturated carbocycles. The number of halogens is 1. The predicted molar refractivity (Wildman–Crippen MR) is 128 cm³/mol. The molecule has 2 aromatic carbocycles. The molecule has 1 aromatic heterocycles. The van der Waals surface area contributed by atoms with Crippen LogP contribution >= 0.6 is 11.3 Å². The quantitative estimate of drug-likeness (QED) is 0.519. The van der Waals surface area contributed by atoms with E-state index in [-0.39, 0.29) is 33.6 Å². The van der Waals surface area contributed by atoms with Gasteiger partial charge in [-0.25, -0.2) is 4.39 Å². The van der Waals surface area contributed by atoms with Crippen molar-refractivity contribution in [1.82, 2.24) is 20.4 Å². The van der Waals surface area contributed by atoms with Crippen LogP contribution in [0.25, 0.3) is 0 Å². The van der Waals surface area contributed by atoms with Crippen molar-refractivity contribution in [2.24, 2.45) is 5.92 Å². The van der Waals surface area contributed by atoms with Crippen molar-refractivity contribution in [3.8, 4) is 5.75 Å². The molecular formula is C24H24FN5O4S. The Morgan fingerprint density at radius 3 is 2.34 bits per heavy atom. The number of hydrogen-bond acceptors (Lipinski definition) is 7. The van der Waals surface area contributed by atoms with E-state index in [1.165, 1.54) is 12.1 Å². The van der Waals surface area contributed by atoms with Gasteiger partial charge in [0.25, 0.3) is 11.8 Å². The van der Waals surface area contributed by atoms with Crippen molar-refractivity contribution in [3.63, 3.8) is 0 Å². The molecule has 2 N–H and O–H groups in total. The number of likely N-dealkylation sites (tertiary alicyclic amines) is 1. The summed E-state index contributed by atoms with van der Waals surface area (Å²) in [4.78, 5) is 39.4. The molecule has 0 radical (unpaired) electrons. The standard InChI is InChI=1S/C24H24FN5O4S/c1-34-19-8-6-18(7-9-19)27-21(32)22-28-29-23(35-22)24(33)30-12-10-16(11-13-30)20(31)26-14-15-2-4-17(25)5-3-15/h2-9,16H,10-14H2,1H3,(H,26,31)(H,27,32). The Morgan fingerprint density at radius 1 is 1.03 bits per heavy atom. The zero-order valence-electron chi connectivity index (χ0n) is 19.0. The van der Waals surface area contributed by atoms with Crippen molar-refractivity contribution >= 4 is 34.7 Å². The molecule has 1 aliphatic heterocycles. The van der Waals surface area contributed by atoms with E-state index >= 15 is 0 Å². The monoisotopic (exact) mass is 497 g/mol. The Bertz CT molecular complexity index is 1190. The first-order chi connectivity index (χ1) is 16.9. The highest BCUT2D eigenvalue weighted by atomic mass is 32.1. The third-order valence-electron chi connectivity index (χ3n) is 5.68. The Balaban J connectivity index is 1.26. The fraction of sp³-hybridized carbons (Fsp3) is 0.292. The summed E-state index contributed by atoms with van der Waals surface area (Å²) >= 11 is 0.927. The topological polar surface area (TPSA) is 114 Å². The maximum atomic E-state index is 13.0. The van der Waals surface area contributed by atoms with Gasteiger partial charge in [-0.3, -0.25) is 14.4 Å². The van der Waals surface area contributed by atoms with E-state index in [4.69, 9.17) is 4.74 Å². The zero-order valence-corrected chi connectivity index (χ0v) is 19.8. The normalized spacial score (nSPS) is 13.8. The number of aromatic nitrogens is 2. The highest BCUT2D eigenvalue weighted by Gasteiger charge is 2.29. The summed E-state index contributed by atoms with van der Waals surface area (Å²) in [6, 6.07) is 12.8. The predicted octanol–water partition coefficient (Wildman–Crippen LogP) is 3.11. The molecule has 0 spiro atoms. The van der Waals surface area contributed by atoms with Crippen LogP contribution in [0.15, 0.2) is 48.5 Å². The molecule has 1 saturated heterocycles. The zero-order chi connectivity index (χ0) is 24.8. The molecule has 0 bridgehead atoms. The Kier molecular flexibility index (Phi) is 7.66. The number of carbonyl (C=O) groups is 3. The number of methoxy groups -OCH3 is 1. The minimum Gasteiger partial charge on any atom is -0.497 e. The van der Waals surface area contributed by atoms with Crippen LogP contribution in [0.1, 0.15) is 38.0 Å². The number of nitrogens with zero attached hydrogens (tertiary/aromatic N) is 3. The SMILES string of the molecule is COc1ccc(NC(=O)c2nnc(C(=O)N3CCC(C(=O)NCc4ccc(F)cc4)CC3)s2)cc1. The van der Waals surface area contributed by atoms with E-state index in [0.29, 0.717) is 43.9 Å². The summed E-state index contributed by atoms with van der Waals surface area (Å²) in [5.74, 6) is -0.715. The number of amides is 3. The molecule has 11 heteroatoms. The number of benzene rings is 2. The molecular weight excluding hydrogens is 473 g/mol. The lowest BCUT2D eigenvalue weighted by atomic mass is 9.96. The van der Waals surface area contributed by atoms with Gasteiger partial charge in [-0.15, -0.1) is 10.2 Å². The van der Waals surface area contributed by atoms with E-state index in [2.05, 4.69) is 20.8 Å². The van der Waals surface area contributed by atoms with Gasteiger partial charge >= 0.3 is 0 Å². The van der Waals surface area contributed by atoms with Crippen LogP contribution in [-0.2, 0) is 11.3 Å². The first kappa shape index (κ1) is 24.3. The summed E-state index contributed by atoms with van der Waals surface area (Å²) < 4.78 is 18.1. The molecule has 1 aliphatic rings. The second-order valence-corrected chi connectivity index (χ2v) is 8.98. The fourth-order valence-corrected chi connectivity index (χ4v) is 4.38. The van der Waals surface area contributed by atoms with Gasteiger partial charge in [-0.05, 0) is 54.8 Å². The lowest BCUT2D eigenvalue weighted by Crippen LogP contribution is -2.42. The molecule has 2 heterocycles. The molecule has 0 aliphatic carbocycles. The average molecular weight is 498 g/mol. The number of anilines is 1. The minimum absolute atomic E-state index is 0.0826. The molecule has 4 rings (SSSR count).